The first kappa shape index (κ1) is 21.8. The summed E-state index contributed by atoms with van der Waals surface area (Å²) >= 11 is 0. The van der Waals surface area contributed by atoms with Crippen molar-refractivity contribution in [3.05, 3.63) is 59.4 Å². The summed E-state index contributed by atoms with van der Waals surface area (Å²) in [6.07, 6.45) is 19.3. The Balaban J connectivity index is 2.11. The van der Waals surface area contributed by atoms with E-state index in [2.05, 4.69) is 68.4 Å². The molecule has 1 aromatic carbocycles. The van der Waals surface area contributed by atoms with E-state index in [1.165, 1.54) is 69.8 Å². The Bertz CT molecular complexity index is 543. The zero-order valence-electron chi connectivity index (χ0n) is 18.1. The number of hydrogen-bond acceptors (Lipinski definition) is 1. The van der Waals surface area contributed by atoms with Crippen molar-refractivity contribution in [2.75, 3.05) is 6.54 Å². The zero-order chi connectivity index (χ0) is 19.3. The second-order valence-electron chi connectivity index (χ2n) is 8.14. The highest BCUT2D eigenvalue weighted by Crippen LogP contribution is 2.36. The number of unbranched alkanes of at least 4 members (excludes halogenated alkanes) is 4. The van der Waals surface area contributed by atoms with Gasteiger partial charge in [0.15, 0.2) is 0 Å². The van der Waals surface area contributed by atoms with E-state index in [0.29, 0.717) is 5.92 Å². The van der Waals surface area contributed by atoms with Crippen LogP contribution >= 0.6 is 0 Å². The van der Waals surface area contributed by atoms with Gasteiger partial charge in [-0.05, 0) is 55.2 Å². The Morgan fingerprint density at radius 3 is 1.85 bits per heavy atom. The smallest absolute Gasteiger partial charge is 0.0260 e. The molecule has 1 heteroatoms. The van der Waals surface area contributed by atoms with Crippen molar-refractivity contribution in [3.8, 4) is 0 Å². The standard InChI is InChI=1S/C26H41N/c1-4-7-11-18-26-24(16-8-5-2)21-27(22-25(26)17-9-6-3)20-19-23-14-12-10-13-15-23/h10,12-15,21-22,26H,4-9,11,16-20H2,1-3H3. The third kappa shape index (κ3) is 7.56. The molecule has 1 aliphatic heterocycles. The van der Waals surface area contributed by atoms with Crippen LogP contribution in [0.5, 0.6) is 0 Å². The molecule has 0 fully saturated rings. The topological polar surface area (TPSA) is 3.24 Å². The highest BCUT2D eigenvalue weighted by molar-refractivity contribution is 5.27. The molecule has 27 heavy (non-hydrogen) atoms. The van der Waals surface area contributed by atoms with Crippen molar-refractivity contribution in [1.82, 2.24) is 4.90 Å². The normalized spacial score (nSPS) is 15.0. The van der Waals surface area contributed by atoms with Gasteiger partial charge in [0.05, 0.1) is 0 Å². The first-order valence-electron chi connectivity index (χ1n) is 11.5. The van der Waals surface area contributed by atoms with Crippen LogP contribution in [0.15, 0.2) is 53.9 Å². The van der Waals surface area contributed by atoms with Gasteiger partial charge in [-0.2, -0.15) is 0 Å². The van der Waals surface area contributed by atoms with Gasteiger partial charge in [-0.1, -0.05) is 83.2 Å². The fourth-order valence-corrected chi connectivity index (χ4v) is 4.12. The average Bonchev–Trinajstić information content (AvgIpc) is 2.71. The molecule has 0 radical (unpaired) electrons. The molecule has 0 unspecified atom stereocenters. The average molecular weight is 368 g/mol. The molecule has 1 aromatic rings. The first-order chi connectivity index (χ1) is 13.3. The number of rotatable bonds is 13. The predicted octanol–water partition coefficient (Wildman–Crippen LogP) is 7.89. The van der Waals surface area contributed by atoms with Gasteiger partial charge >= 0.3 is 0 Å². The fraction of sp³-hybridized carbons (Fsp3) is 0.615. The highest BCUT2D eigenvalue weighted by Gasteiger charge is 2.23. The minimum Gasteiger partial charge on any atom is -0.354 e. The Labute approximate surface area is 168 Å². The first-order valence-corrected chi connectivity index (χ1v) is 11.5. The molecule has 0 aromatic heterocycles. The lowest BCUT2D eigenvalue weighted by molar-refractivity contribution is 0.434. The van der Waals surface area contributed by atoms with Gasteiger partial charge in [-0.15, -0.1) is 0 Å². The lowest BCUT2D eigenvalue weighted by Gasteiger charge is -2.33. The van der Waals surface area contributed by atoms with E-state index < -0.39 is 0 Å². The molecule has 0 N–H and O–H groups in total. The molecule has 1 nitrogen and oxygen atoms in total. The highest BCUT2D eigenvalue weighted by atomic mass is 15.1. The molecule has 0 bridgehead atoms. The van der Waals surface area contributed by atoms with Gasteiger partial charge in [0.1, 0.15) is 0 Å². The van der Waals surface area contributed by atoms with Gasteiger partial charge in [0.25, 0.3) is 0 Å². The largest absolute Gasteiger partial charge is 0.354 e. The summed E-state index contributed by atoms with van der Waals surface area (Å²) in [6.45, 7) is 8.04. The van der Waals surface area contributed by atoms with Gasteiger partial charge < -0.3 is 4.90 Å². The van der Waals surface area contributed by atoms with Crippen LogP contribution in [0.1, 0.15) is 90.5 Å². The SMILES string of the molecule is CCCCCC1C(CCCC)=CN(CCc2ccccc2)C=C1CCCC. The van der Waals surface area contributed by atoms with Crippen LogP contribution in [-0.2, 0) is 6.42 Å². The molecule has 0 spiro atoms. The molecular weight excluding hydrogens is 326 g/mol. The molecule has 150 valence electrons. The second kappa shape index (κ2) is 12.8. The summed E-state index contributed by atoms with van der Waals surface area (Å²) in [5, 5.41) is 0. The molecule has 2 rings (SSSR count). The van der Waals surface area contributed by atoms with Crippen molar-refractivity contribution in [2.24, 2.45) is 5.92 Å². The molecule has 0 atom stereocenters. The van der Waals surface area contributed by atoms with Gasteiger partial charge in [-0.25, -0.2) is 0 Å². The third-order valence-electron chi connectivity index (χ3n) is 5.79. The van der Waals surface area contributed by atoms with Crippen LogP contribution in [0, 0.1) is 5.92 Å². The molecular formula is C26H41N. The Kier molecular flexibility index (Phi) is 10.3. The van der Waals surface area contributed by atoms with Crippen molar-refractivity contribution in [3.63, 3.8) is 0 Å². The van der Waals surface area contributed by atoms with E-state index in [1.54, 1.807) is 11.1 Å². The zero-order valence-corrected chi connectivity index (χ0v) is 18.1. The summed E-state index contributed by atoms with van der Waals surface area (Å²) in [4.78, 5) is 2.50. The lowest BCUT2D eigenvalue weighted by Crippen LogP contribution is -2.24. The summed E-state index contributed by atoms with van der Waals surface area (Å²) in [5.74, 6) is 0.711. The Morgan fingerprint density at radius 2 is 1.30 bits per heavy atom. The van der Waals surface area contributed by atoms with Crippen LogP contribution in [0.2, 0.25) is 0 Å². The van der Waals surface area contributed by atoms with Crippen LogP contribution < -0.4 is 0 Å². The summed E-state index contributed by atoms with van der Waals surface area (Å²) in [6, 6.07) is 10.9. The van der Waals surface area contributed by atoms with Crippen LogP contribution in [0.4, 0.5) is 0 Å². The molecule has 0 saturated heterocycles. The number of benzene rings is 1. The summed E-state index contributed by atoms with van der Waals surface area (Å²) in [5.41, 5.74) is 4.85. The van der Waals surface area contributed by atoms with Crippen molar-refractivity contribution in [2.45, 2.75) is 91.4 Å². The van der Waals surface area contributed by atoms with Gasteiger partial charge in [0.2, 0.25) is 0 Å². The minimum absolute atomic E-state index is 0.711. The van der Waals surface area contributed by atoms with Crippen molar-refractivity contribution in [1.29, 1.82) is 0 Å². The molecule has 1 heterocycles. The van der Waals surface area contributed by atoms with Crippen LogP contribution in [0.3, 0.4) is 0 Å². The van der Waals surface area contributed by atoms with E-state index >= 15 is 0 Å². The third-order valence-corrected chi connectivity index (χ3v) is 5.79. The second-order valence-corrected chi connectivity index (χ2v) is 8.14. The van der Waals surface area contributed by atoms with E-state index in [4.69, 9.17) is 0 Å². The molecule has 1 aliphatic rings. The van der Waals surface area contributed by atoms with E-state index in [1.807, 2.05) is 0 Å². The maximum atomic E-state index is 2.50. The Hall–Kier alpha value is -1.50. The maximum Gasteiger partial charge on any atom is 0.0260 e. The van der Waals surface area contributed by atoms with E-state index in [-0.39, 0.29) is 0 Å². The number of allylic oxidation sites excluding steroid dienone is 2. The minimum atomic E-state index is 0.711. The van der Waals surface area contributed by atoms with Crippen molar-refractivity contribution >= 4 is 0 Å². The fourth-order valence-electron chi connectivity index (χ4n) is 4.12. The van der Waals surface area contributed by atoms with Crippen molar-refractivity contribution < 1.29 is 0 Å². The van der Waals surface area contributed by atoms with Gasteiger partial charge in [-0.3, -0.25) is 0 Å². The molecule has 0 aliphatic carbocycles. The Morgan fingerprint density at radius 1 is 0.704 bits per heavy atom. The predicted molar refractivity (Wildman–Crippen MR) is 120 cm³/mol. The monoisotopic (exact) mass is 367 g/mol. The maximum absolute atomic E-state index is 2.50. The van der Waals surface area contributed by atoms with Crippen LogP contribution in [0.25, 0.3) is 0 Å². The van der Waals surface area contributed by atoms with Gasteiger partial charge in [0, 0.05) is 24.9 Å². The quantitative estimate of drug-likeness (QED) is 0.320. The number of nitrogens with zero attached hydrogens (tertiary/aromatic N) is 1. The number of hydrogen-bond donors (Lipinski definition) is 0. The van der Waals surface area contributed by atoms with E-state index in [9.17, 15) is 0 Å². The molecule has 0 saturated carbocycles. The summed E-state index contributed by atoms with van der Waals surface area (Å²) < 4.78 is 0. The molecule has 0 amide bonds. The summed E-state index contributed by atoms with van der Waals surface area (Å²) in [7, 11) is 0. The van der Waals surface area contributed by atoms with Crippen LogP contribution in [-0.4, -0.2) is 11.4 Å². The lowest BCUT2D eigenvalue weighted by atomic mass is 9.81. The van der Waals surface area contributed by atoms with E-state index in [0.717, 1.165) is 13.0 Å².